The summed E-state index contributed by atoms with van der Waals surface area (Å²) >= 11 is 6.21. The van der Waals surface area contributed by atoms with E-state index in [9.17, 15) is 4.79 Å². The van der Waals surface area contributed by atoms with Gasteiger partial charge in [0.2, 0.25) is 0 Å². The number of carbonyl (C=O) groups excluding carboxylic acids is 1. The van der Waals surface area contributed by atoms with E-state index in [1.54, 1.807) is 6.07 Å². The van der Waals surface area contributed by atoms with Crippen LogP contribution in [0.25, 0.3) is 0 Å². The highest BCUT2D eigenvalue weighted by Gasteiger charge is 2.50. The maximum Gasteiger partial charge on any atom is 0.338 e. The molecule has 1 aromatic carbocycles. The summed E-state index contributed by atoms with van der Waals surface area (Å²) in [5, 5.41) is 0.554. The third-order valence-corrected chi connectivity index (χ3v) is 4.03. The number of halogens is 1. The first-order valence-corrected chi connectivity index (χ1v) is 7.12. The van der Waals surface area contributed by atoms with E-state index in [2.05, 4.69) is 0 Å². The van der Waals surface area contributed by atoms with Gasteiger partial charge in [-0.15, -0.1) is 0 Å². The van der Waals surface area contributed by atoms with E-state index in [1.807, 2.05) is 32.0 Å². The van der Waals surface area contributed by atoms with Crippen LogP contribution >= 0.6 is 11.6 Å². The van der Waals surface area contributed by atoms with Gasteiger partial charge in [0, 0.05) is 10.6 Å². The molecule has 4 nitrogen and oxygen atoms in total. The van der Waals surface area contributed by atoms with Crippen LogP contribution in [0.2, 0.25) is 5.02 Å². The van der Waals surface area contributed by atoms with E-state index >= 15 is 0 Å². The molecule has 1 aromatic rings. The molecule has 5 heteroatoms. The predicted octanol–water partition coefficient (Wildman–Crippen LogP) is 3.49. The molecular weight excluding hydrogens is 280 g/mol. The lowest BCUT2D eigenvalue weighted by Crippen LogP contribution is -2.32. The zero-order chi connectivity index (χ0) is 14.8. The summed E-state index contributed by atoms with van der Waals surface area (Å²) < 4.78 is 16.7. The molecule has 110 valence electrons. The fourth-order valence-corrected chi connectivity index (χ4v) is 2.66. The Hall–Kier alpha value is -1.10. The number of carbonyl (C=O) groups is 1. The molecule has 0 spiro atoms. The largest absolute Gasteiger partial charge is 0.467 e. The van der Waals surface area contributed by atoms with Crippen molar-refractivity contribution in [1.82, 2.24) is 0 Å². The highest BCUT2D eigenvalue weighted by Crippen LogP contribution is 2.44. The number of methoxy groups -OCH3 is 1. The quantitative estimate of drug-likeness (QED) is 0.798. The Morgan fingerprint density at radius 2 is 1.95 bits per heavy atom. The number of rotatable bonds is 4. The van der Waals surface area contributed by atoms with Crippen LogP contribution in [0.5, 0.6) is 0 Å². The number of ether oxygens (including phenoxy) is 3. The first-order valence-electron chi connectivity index (χ1n) is 6.74. The van der Waals surface area contributed by atoms with E-state index in [-0.39, 0.29) is 0 Å². The molecule has 1 heterocycles. The Balaban J connectivity index is 2.38. The molecule has 2 atom stereocenters. The summed E-state index contributed by atoms with van der Waals surface area (Å²) in [6, 6.07) is 7.30. The summed E-state index contributed by atoms with van der Waals surface area (Å²) in [4.78, 5) is 12.0. The van der Waals surface area contributed by atoms with Crippen molar-refractivity contribution in [2.24, 2.45) is 0 Å². The normalized spacial score (nSPS) is 24.6. The first kappa shape index (κ1) is 15.3. The van der Waals surface area contributed by atoms with Gasteiger partial charge in [0.25, 0.3) is 0 Å². The Morgan fingerprint density at radius 1 is 1.30 bits per heavy atom. The van der Waals surface area contributed by atoms with Gasteiger partial charge in [0.05, 0.1) is 7.11 Å². The summed E-state index contributed by atoms with van der Waals surface area (Å²) in [6.07, 6.45) is -0.0357. The monoisotopic (exact) mass is 298 g/mol. The molecule has 0 aromatic heterocycles. The molecule has 2 rings (SSSR count). The Bertz CT molecular complexity index is 485. The minimum Gasteiger partial charge on any atom is -0.467 e. The second-order valence-corrected chi connectivity index (χ2v) is 5.15. The van der Waals surface area contributed by atoms with Crippen molar-refractivity contribution in [3.8, 4) is 0 Å². The number of hydrogen-bond donors (Lipinski definition) is 0. The SMILES string of the molecule is CCC1(CC)O[C@@H](C(=O)OC)[C@H](c2ccccc2Cl)O1. The van der Waals surface area contributed by atoms with Crippen LogP contribution in [-0.4, -0.2) is 25.0 Å². The van der Waals surface area contributed by atoms with Crippen LogP contribution in [0.4, 0.5) is 0 Å². The topological polar surface area (TPSA) is 44.8 Å². The minimum absolute atomic E-state index is 0.446. The molecule has 0 aliphatic carbocycles. The maximum absolute atomic E-state index is 12.0. The Kier molecular flexibility index (Phi) is 4.68. The molecule has 0 bridgehead atoms. The zero-order valence-corrected chi connectivity index (χ0v) is 12.6. The van der Waals surface area contributed by atoms with Gasteiger partial charge in [0.15, 0.2) is 11.9 Å². The van der Waals surface area contributed by atoms with Gasteiger partial charge < -0.3 is 14.2 Å². The molecule has 0 unspecified atom stereocenters. The van der Waals surface area contributed by atoms with Gasteiger partial charge in [0.1, 0.15) is 6.10 Å². The molecule has 0 radical (unpaired) electrons. The van der Waals surface area contributed by atoms with Gasteiger partial charge in [-0.1, -0.05) is 43.6 Å². The van der Waals surface area contributed by atoms with Crippen LogP contribution in [0, 0.1) is 0 Å². The van der Waals surface area contributed by atoms with E-state index in [1.165, 1.54) is 7.11 Å². The first-order chi connectivity index (χ1) is 9.56. The third kappa shape index (κ3) is 2.68. The smallest absolute Gasteiger partial charge is 0.338 e. The number of esters is 1. The summed E-state index contributed by atoms with van der Waals surface area (Å²) in [5.41, 5.74) is 0.744. The second kappa shape index (κ2) is 6.12. The lowest BCUT2D eigenvalue weighted by molar-refractivity contribution is -0.187. The van der Waals surface area contributed by atoms with Crippen LogP contribution < -0.4 is 0 Å². The fourth-order valence-electron chi connectivity index (χ4n) is 2.42. The van der Waals surface area contributed by atoms with Crippen LogP contribution in [0.15, 0.2) is 24.3 Å². The van der Waals surface area contributed by atoms with Crippen LogP contribution in [0.3, 0.4) is 0 Å². The lowest BCUT2D eigenvalue weighted by atomic mass is 10.0. The lowest BCUT2D eigenvalue weighted by Gasteiger charge is -2.25. The van der Waals surface area contributed by atoms with Gasteiger partial charge in [-0.05, 0) is 18.9 Å². The van der Waals surface area contributed by atoms with Crippen molar-refractivity contribution in [1.29, 1.82) is 0 Å². The summed E-state index contributed by atoms with van der Waals surface area (Å²) in [7, 11) is 1.34. The van der Waals surface area contributed by atoms with Crippen molar-refractivity contribution in [3.05, 3.63) is 34.9 Å². The fraction of sp³-hybridized carbons (Fsp3) is 0.533. The predicted molar refractivity (Wildman–Crippen MR) is 75.5 cm³/mol. The van der Waals surface area contributed by atoms with Crippen molar-refractivity contribution >= 4 is 17.6 Å². The van der Waals surface area contributed by atoms with Crippen molar-refractivity contribution < 1.29 is 19.0 Å². The molecule has 20 heavy (non-hydrogen) atoms. The van der Waals surface area contributed by atoms with Gasteiger partial charge in [-0.25, -0.2) is 4.79 Å². The van der Waals surface area contributed by atoms with Crippen molar-refractivity contribution in [2.75, 3.05) is 7.11 Å². The average Bonchev–Trinajstić information content (AvgIpc) is 2.87. The molecule has 1 saturated heterocycles. The van der Waals surface area contributed by atoms with Gasteiger partial charge in [-0.2, -0.15) is 0 Å². The van der Waals surface area contributed by atoms with Crippen molar-refractivity contribution in [3.63, 3.8) is 0 Å². The van der Waals surface area contributed by atoms with Gasteiger partial charge in [-0.3, -0.25) is 0 Å². The molecule has 1 fully saturated rings. The highest BCUT2D eigenvalue weighted by molar-refractivity contribution is 6.31. The van der Waals surface area contributed by atoms with E-state index in [0.29, 0.717) is 17.9 Å². The Labute approximate surface area is 124 Å². The molecule has 0 N–H and O–H groups in total. The third-order valence-electron chi connectivity index (χ3n) is 3.68. The van der Waals surface area contributed by atoms with E-state index in [4.69, 9.17) is 25.8 Å². The zero-order valence-electron chi connectivity index (χ0n) is 11.9. The Morgan fingerprint density at radius 3 is 2.50 bits per heavy atom. The number of benzene rings is 1. The summed E-state index contributed by atoms with van der Waals surface area (Å²) in [6.45, 7) is 3.93. The van der Waals surface area contributed by atoms with E-state index < -0.39 is 24.0 Å². The minimum atomic E-state index is -0.792. The average molecular weight is 299 g/mol. The molecule has 1 aliphatic rings. The summed E-state index contributed by atoms with van der Waals surface area (Å²) in [5.74, 6) is -1.21. The second-order valence-electron chi connectivity index (χ2n) is 4.74. The standard InChI is InChI=1S/C15H19ClO4/c1-4-15(5-2)19-12(13(20-15)14(17)18-3)10-8-6-7-9-11(10)16/h6-9,12-13H,4-5H2,1-3H3/t12-,13+/m0/s1. The molecule has 1 aliphatic heterocycles. The van der Waals surface area contributed by atoms with E-state index in [0.717, 1.165) is 5.56 Å². The number of hydrogen-bond acceptors (Lipinski definition) is 4. The van der Waals surface area contributed by atoms with Crippen LogP contribution in [0.1, 0.15) is 38.4 Å². The molecule has 0 amide bonds. The molecule has 0 saturated carbocycles. The van der Waals surface area contributed by atoms with Crippen molar-refractivity contribution in [2.45, 2.75) is 44.7 Å². The molecular formula is C15H19ClO4. The van der Waals surface area contributed by atoms with Gasteiger partial charge >= 0.3 is 5.97 Å². The highest BCUT2D eigenvalue weighted by atomic mass is 35.5. The van der Waals surface area contributed by atoms with Crippen LogP contribution in [-0.2, 0) is 19.0 Å². The maximum atomic E-state index is 12.0.